The van der Waals surface area contributed by atoms with E-state index in [1.165, 1.54) is 11.1 Å². The largest absolute Gasteiger partial charge is 0.497 e. The van der Waals surface area contributed by atoms with Gasteiger partial charge in [-0.1, -0.05) is 35.9 Å². The maximum Gasteiger partial charge on any atom is 0.191 e. The summed E-state index contributed by atoms with van der Waals surface area (Å²) in [5.74, 6) is 1.70. The van der Waals surface area contributed by atoms with E-state index in [1.807, 2.05) is 31.3 Å². The number of rotatable bonds is 7. The van der Waals surface area contributed by atoms with Gasteiger partial charge in [0.2, 0.25) is 0 Å². The zero-order chi connectivity index (χ0) is 20.5. The van der Waals surface area contributed by atoms with Crippen LogP contribution in [0.5, 0.6) is 5.75 Å². The summed E-state index contributed by atoms with van der Waals surface area (Å²) in [6, 6.07) is 16.4. The van der Waals surface area contributed by atoms with Crippen molar-refractivity contribution < 1.29 is 9.47 Å². The predicted octanol–water partition coefficient (Wildman–Crippen LogP) is 3.80. The van der Waals surface area contributed by atoms with Gasteiger partial charge in [-0.2, -0.15) is 0 Å². The maximum absolute atomic E-state index is 5.95. The van der Waals surface area contributed by atoms with E-state index < -0.39 is 0 Å². The molecular formula is C23H30ClN3O2. The van der Waals surface area contributed by atoms with Crippen molar-refractivity contribution in [1.82, 2.24) is 10.6 Å². The summed E-state index contributed by atoms with van der Waals surface area (Å²) in [7, 11) is 3.50. The molecular weight excluding hydrogens is 386 g/mol. The standard InChI is InChI=1S/C23H30ClN3O2/c1-25-22(26-14-11-18-3-7-20(24)8-4-18)27-17-23(12-15-29-16-13-23)19-5-9-21(28-2)10-6-19/h3-10H,11-17H2,1-2H3,(H2,25,26,27). The Kier molecular flexibility index (Phi) is 7.78. The summed E-state index contributed by atoms with van der Waals surface area (Å²) < 4.78 is 11.0. The van der Waals surface area contributed by atoms with Crippen molar-refractivity contribution in [3.05, 3.63) is 64.7 Å². The van der Waals surface area contributed by atoms with Crippen molar-refractivity contribution in [2.45, 2.75) is 24.7 Å². The Morgan fingerprint density at radius 3 is 2.38 bits per heavy atom. The average Bonchev–Trinajstić information content (AvgIpc) is 2.78. The molecule has 0 spiro atoms. The molecule has 0 atom stereocenters. The summed E-state index contributed by atoms with van der Waals surface area (Å²) in [4.78, 5) is 4.39. The molecule has 2 aromatic carbocycles. The minimum atomic E-state index is 0.0261. The number of guanidine groups is 1. The fourth-order valence-corrected chi connectivity index (χ4v) is 3.85. The van der Waals surface area contributed by atoms with Crippen LogP contribution in [0.4, 0.5) is 0 Å². The number of aliphatic imine (C=N–C) groups is 1. The average molecular weight is 416 g/mol. The Morgan fingerprint density at radius 1 is 1.07 bits per heavy atom. The highest BCUT2D eigenvalue weighted by molar-refractivity contribution is 6.30. The fourth-order valence-electron chi connectivity index (χ4n) is 3.72. The quantitative estimate of drug-likeness (QED) is 0.533. The van der Waals surface area contributed by atoms with Gasteiger partial charge in [-0.3, -0.25) is 4.99 Å². The van der Waals surface area contributed by atoms with E-state index in [2.05, 4.69) is 39.9 Å². The van der Waals surface area contributed by atoms with Crippen molar-refractivity contribution in [3.8, 4) is 5.75 Å². The first-order valence-corrected chi connectivity index (χ1v) is 10.4. The molecule has 0 saturated carbocycles. The second-order valence-electron chi connectivity index (χ2n) is 7.35. The van der Waals surface area contributed by atoms with Gasteiger partial charge in [0.1, 0.15) is 5.75 Å². The van der Waals surface area contributed by atoms with Crippen molar-refractivity contribution >= 4 is 17.6 Å². The van der Waals surface area contributed by atoms with Gasteiger partial charge in [0.15, 0.2) is 5.96 Å². The van der Waals surface area contributed by atoms with Crippen LogP contribution in [0.1, 0.15) is 24.0 Å². The second-order valence-corrected chi connectivity index (χ2v) is 7.79. The number of halogens is 1. The number of benzene rings is 2. The van der Waals surface area contributed by atoms with Crippen LogP contribution in [-0.4, -0.2) is 46.4 Å². The minimum absolute atomic E-state index is 0.0261. The number of ether oxygens (including phenoxy) is 2. The molecule has 156 valence electrons. The smallest absolute Gasteiger partial charge is 0.191 e. The normalized spacial score (nSPS) is 16.3. The summed E-state index contributed by atoms with van der Waals surface area (Å²) in [6.45, 7) is 3.16. The zero-order valence-corrected chi connectivity index (χ0v) is 18.0. The first-order valence-electron chi connectivity index (χ1n) is 10.1. The molecule has 0 aromatic heterocycles. The van der Waals surface area contributed by atoms with Gasteiger partial charge in [0.25, 0.3) is 0 Å². The van der Waals surface area contributed by atoms with Gasteiger partial charge in [0, 0.05) is 43.8 Å². The number of hydrogen-bond acceptors (Lipinski definition) is 3. The van der Waals surface area contributed by atoms with E-state index in [-0.39, 0.29) is 5.41 Å². The van der Waals surface area contributed by atoms with E-state index in [9.17, 15) is 0 Å². The molecule has 0 aliphatic carbocycles. The van der Waals surface area contributed by atoms with Crippen LogP contribution < -0.4 is 15.4 Å². The zero-order valence-electron chi connectivity index (χ0n) is 17.2. The number of nitrogens with one attached hydrogen (secondary N) is 2. The monoisotopic (exact) mass is 415 g/mol. The lowest BCUT2D eigenvalue weighted by Crippen LogP contribution is -2.48. The SMILES string of the molecule is CN=C(NCCc1ccc(Cl)cc1)NCC1(c2ccc(OC)cc2)CCOCC1. The third kappa shape index (κ3) is 5.87. The molecule has 29 heavy (non-hydrogen) atoms. The van der Waals surface area contributed by atoms with Gasteiger partial charge in [-0.25, -0.2) is 0 Å². The summed E-state index contributed by atoms with van der Waals surface area (Å²) >= 11 is 5.95. The fraction of sp³-hybridized carbons (Fsp3) is 0.435. The van der Waals surface area contributed by atoms with E-state index in [4.69, 9.17) is 21.1 Å². The highest BCUT2D eigenvalue weighted by Gasteiger charge is 2.34. The number of nitrogens with zero attached hydrogens (tertiary/aromatic N) is 1. The van der Waals surface area contributed by atoms with Crippen LogP contribution in [0.2, 0.25) is 5.02 Å². The lowest BCUT2D eigenvalue weighted by Gasteiger charge is -2.38. The number of methoxy groups -OCH3 is 1. The third-order valence-corrected chi connectivity index (χ3v) is 5.84. The Bertz CT molecular complexity index is 785. The molecule has 0 radical (unpaired) electrons. The molecule has 6 heteroatoms. The summed E-state index contributed by atoms with van der Waals surface area (Å²) in [6.07, 6.45) is 2.87. The molecule has 0 amide bonds. The molecule has 1 aliphatic rings. The lowest BCUT2D eigenvalue weighted by molar-refractivity contribution is 0.0513. The Balaban J connectivity index is 1.59. The maximum atomic E-state index is 5.95. The van der Waals surface area contributed by atoms with Crippen LogP contribution in [-0.2, 0) is 16.6 Å². The van der Waals surface area contributed by atoms with E-state index >= 15 is 0 Å². The van der Waals surface area contributed by atoms with E-state index in [1.54, 1.807) is 7.11 Å². The number of hydrogen-bond donors (Lipinski definition) is 2. The van der Waals surface area contributed by atoms with Gasteiger partial charge in [-0.05, 0) is 54.7 Å². The molecule has 1 heterocycles. The lowest BCUT2D eigenvalue weighted by atomic mass is 9.74. The summed E-state index contributed by atoms with van der Waals surface area (Å²) in [5.41, 5.74) is 2.58. The van der Waals surface area contributed by atoms with Crippen LogP contribution in [0.25, 0.3) is 0 Å². The minimum Gasteiger partial charge on any atom is -0.497 e. The van der Waals surface area contributed by atoms with E-state index in [0.29, 0.717) is 0 Å². The summed E-state index contributed by atoms with van der Waals surface area (Å²) in [5, 5.41) is 7.71. The van der Waals surface area contributed by atoms with Gasteiger partial charge < -0.3 is 20.1 Å². The highest BCUT2D eigenvalue weighted by Crippen LogP contribution is 2.35. The third-order valence-electron chi connectivity index (χ3n) is 5.59. The van der Waals surface area contributed by atoms with Crippen LogP contribution in [0.3, 0.4) is 0 Å². The Labute approximate surface area is 178 Å². The molecule has 2 aromatic rings. The topological polar surface area (TPSA) is 54.9 Å². The van der Waals surface area contributed by atoms with Gasteiger partial charge in [0.05, 0.1) is 7.11 Å². The van der Waals surface area contributed by atoms with E-state index in [0.717, 1.165) is 62.3 Å². The molecule has 1 fully saturated rings. The van der Waals surface area contributed by atoms with Crippen molar-refractivity contribution in [2.75, 3.05) is 40.5 Å². The predicted molar refractivity (Wildman–Crippen MR) is 119 cm³/mol. The van der Waals surface area contributed by atoms with Crippen LogP contribution in [0, 0.1) is 0 Å². The molecule has 1 aliphatic heterocycles. The van der Waals surface area contributed by atoms with Crippen LogP contribution >= 0.6 is 11.6 Å². The molecule has 1 saturated heterocycles. The first kappa shape index (κ1) is 21.5. The second kappa shape index (κ2) is 10.5. The molecule has 0 bridgehead atoms. The molecule has 3 rings (SSSR count). The van der Waals surface area contributed by atoms with Gasteiger partial charge >= 0.3 is 0 Å². The highest BCUT2D eigenvalue weighted by atomic mass is 35.5. The molecule has 5 nitrogen and oxygen atoms in total. The van der Waals surface area contributed by atoms with Crippen LogP contribution in [0.15, 0.2) is 53.5 Å². The Hall–Kier alpha value is -2.24. The van der Waals surface area contributed by atoms with Crippen molar-refractivity contribution in [1.29, 1.82) is 0 Å². The molecule has 2 N–H and O–H groups in total. The Morgan fingerprint density at radius 2 is 1.76 bits per heavy atom. The molecule has 0 unspecified atom stereocenters. The van der Waals surface area contributed by atoms with Crippen molar-refractivity contribution in [2.24, 2.45) is 4.99 Å². The van der Waals surface area contributed by atoms with Crippen molar-refractivity contribution in [3.63, 3.8) is 0 Å². The first-order chi connectivity index (χ1) is 14.1. The van der Waals surface area contributed by atoms with Gasteiger partial charge in [-0.15, -0.1) is 0 Å².